The van der Waals surface area contributed by atoms with Crippen LogP contribution in [-0.4, -0.2) is 78.5 Å². The number of piperazine rings is 1. The van der Waals surface area contributed by atoms with E-state index < -0.39 is 6.04 Å². The number of nitrogens with one attached hydrogen (secondary N) is 1. The molecule has 0 bridgehead atoms. The van der Waals surface area contributed by atoms with Crippen LogP contribution in [0.3, 0.4) is 0 Å². The van der Waals surface area contributed by atoms with Crippen molar-refractivity contribution >= 4 is 17.5 Å². The number of piperidine rings is 1. The number of benzene rings is 1. The van der Waals surface area contributed by atoms with Crippen LogP contribution in [-0.2, 0) is 4.79 Å². The van der Waals surface area contributed by atoms with Crippen LogP contribution in [0, 0.1) is 12.8 Å². The Hall–Kier alpha value is -2.12. The first-order chi connectivity index (χ1) is 14.3. The standard InChI is InChI=1S/C23H37N5O2/c1-16(2)21(25-22(29)18-9-8-17(3)19(24)15-18)23(30)28-13-11-27(12-14-28)20-7-5-6-10-26(20)4/h8-9,15-16,20-21H,5-7,10-14,24H2,1-4H3,(H,25,29)/t20?,21-/m1/s1. The molecule has 166 valence electrons. The van der Waals surface area contributed by atoms with Crippen molar-refractivity contribution < 1.29 is 9.59 Å². The molecule has 2 saturated heterocycles. The molecular formula is C23H37N5O2. The Labute approximate surface area is 180 Å². The van der Waals surface area contributed by atoms with Crippen LogP contribution in [0.15, 0.2) is 18.2 Å². The Morgan fingerprint density at radius 2 is 1.80 bits per heavy atom. The number of aryl methyl sites for hydroxylation is 1. The van der Waals surface area contributed by atoms with E-state index in [4.69, 9.17) is 5.73 Å². The van der Waals surface area contributed by atoms with Gasteiger partial charge in [0.05, 0.1) is 6.17 Å². The van der Waals surface area contributed by atoms with E-state index in [-0.39, 0.29) is 17.7 Å². The molecule has 2 aliphatic heterocycles. The number of rotatable bonds is 5. The number of hydrogen-bond donors (Lipinski definition) is 2. The summed E-state index contributed by atoms with van der Waals surface area (Å²) in [6.45, 7) is 10.2. The Bertz CT molecular complexity index is 758. The maximum absolute atomic E-state index is 13.2. The van der Waals surface area contributed by atoms with Crippen molar-refractivity contribution in [3.63, 3.8) is 0 Å². The van der Waals surface area contributed by atoms with Gasteiger partial charge in [-0.3, -0.25) is 19.4 Å². The van der Waals surface area contributed by atoms with Gasteiger partial charge < -0.3 is 16.0 Å². The average Bonchev–Trinajstić information content (AvgIpc) is 2.73. The molecule has 0 saturated carbocycles. The van der Waals surface area contributed by atoms with E-state index in [2.05, 4.69) is 22.2 Å². The van der Waals surface area contributed by atoms with Crippen molar-refractivity contribution in [1.29, 1.82) is 0 Å². The molecule has 2 aliphatic rings. The Morgan fingerprint density at radius 3 is 2.40 bits per heavy atom. The number of anilines is 1. The normalized spacial score (nSPS) is 22.2. The fourth-order valence-electron chi connectivity index (χ4n) is 4.48. The smallest absolute Gasteiger partial charge is 0.252 e. The highest BCUT2D eigenvalue weighted by Gasteiger charge is 2.33. The Kier molecular flexibility index (Phi) is 7.36. The lowest BCUT2D eigenvalue weighted by Crippen LogP contribution is -2.60. The maximum atomic E-state index is 13.2. The van der Waals surface area contributed by atoms with Crippen LogP contribution >= 0.6 is 0 Å². The van der Waals surface area contributed by atoms with Gasteiger partial charge in [0, 0.05) is 37.4 Å². The second-order valence-electron chi connectivity index (χ2n) is 9.08. The quantitative estimate of drug-likeness (QED) is 0.718. The van der Waals surface area contributed by atoms with Crippen molar-refractivity contribution in [1.82, 2.24) is 20.0 Å². The van der Waals surface area contributed by atoms with Crippen molar-refractivity contribution in [3.05, 3.63) is 29.3 Å². The molecule has 3 N–H and O–H groups in total. The predicted octanol–water partition coefficient (Wildman–Crippen LogP) is 1.92. The third-order valence-corrected chi connectivity index (χ3v) is 6.54. The summed E-state index contributed by atoms with van der Waals surface area (Å²) >= 11 is 0. The molecule has 7 heteroatoms. The van der Waals surface area contributed by atoms with Gasteiger partial charge in [-0.2, -0.15) is 0 Å². The average molecular weight is 416 g/mol. The number of carbonyl (C=O) groups excluding carboxylic acids is 2. The summed E-state index contributed by atoms with van der Waals surface area (Å²) in [4.78, 5) is 32.8. The predicted molar refractivity (Wildman–Crippen MR) is 120 cm³/mol. The molecular weight excluding hydrogens is 378 g/mol. The molecule has 2 fully saturated rings. The van der Waals surface area contributed by atoms with Crippen LogP contribution in [0.1, 0.15) is 49.0 Å². The topological polar surface area (TPSA) is 81.9 Å². The maximum Gasteiger partial charge on any atom is 0.252 e. The van der Waals surface area contributed by atoms with Gasteiger partial charge in [0.25, 0.3) is 5.91 Å². The van der Waals surface area contributed by atoms with Gasteiger partial charge >= 0.3 is 0 Å². The molecule has 1 aromatic carbocycles. The fraction of sp³-hybridized carbons (Fsp3) is 0.652. The number of likely N-dealkylation sites (tertiary alicyclic amines) is 1. The van der Waals surface area contributed by atoms with Crippen LogP contribution < -0.4 is 11.1 Å². The summed E-state index contributed by atoms with van der Waals surface area (Å²) in [7, 11) is 2.20. The van der Waals surface area contributed by atoms with E-state index >= 15 is 0 Å². The van der Waals surface area contributed by atoms with Crippen molar-refractivity contribution in [3.8, 4) is 0 Å². The number of hydrogen-bond acceptors (Lipinski definition) is 5. The fourth-order valence-corrected chi connectivity index (χ4v) is 4.48. The number of nitrogens with zero attached hydrogens (tertiary/aromatic N) is 3. The van der Waals surface area contributed by atoms with Gasteiger partial charge in [0.2, 0.25) is 5.91 Å². The first kappa shape index (κ1) is 22.6. The van der Waals surface area contributed by atoms with Gasteiger partial charge in [0.15, 0.2) is 0 Å². The molecule has 2 heterocycles. The molecule has 3 rings (SSSR count). The van der Waals surface area contributed by atoms with Gasteiger partial charge in [-0.1, -0.05) is 19.9 Å². The zero-order valence-corrected chi connectivity index (χ0v) is 18.9. The van der Waals surface area contributed by atoms with Crippen molar-refractivity contribution in [2.45, 2.75) is 52.2 Å². The number of nitrogens with two attached hydrogens (primary N) is 1. The molecule has 0 radical (unpaired) electrons. The monoisotopic (exact) mass is 415 g/mol. The summed E-state index contributed by atoms with van der Waals surface area (Å²) in [5.41, 5.74) is 7.95. The molecule has 2 amide bonds. The summed E-state index contributed by atoms with van der Waals surface area (Å²) in [6, 6.07) is 4.72. The van der Waals surface area contributed by atoms with Gasteiger partial charge in [0.1, 0.15) is 6.04 Å². The van der Waals surface area contributed by atoms with Crippen molar-refractivity contribution in [2.24, 2.45) is 5.92 Å². The van der Waals surface area contributed by atoms with Gasteiger partial charge in [-0.05, 0) is 63.4 Å². The second-order valence-corrected chi connectivity index (χ2v) is 9.08. The number of amides is 2. The summed E-state index contributed by atoms with van der Waals surface area (Å²) in [5, 5.41) is 2.95. The Balaban J connectivity index is 1.60. The van der Waals surface area contributed by atoms with Crippen LogP contribution in [0.25, 0.3) is 0 Å². The van der Waals surface area contributed by atoms with E-state index in [1.807, 2.05) is 31.7 Å². The lowest BCUT2D eigenvalue weighted by atomic mass is 10.0. The molecule has 0 aromatic heterocycles. The van der Waals surface area contributed by atoms with E-state index in [1.165, 1.54) is 19.3 Å². The van der Waals surface area contributed by atoms with E-state index in [0.717, 1.165) is 25.2 Å². The van der Waals surface area contributed by atoms with Crippen LogP contribution in [0.2, 0.25) is 0 Å². The third-order valence-electron chi connectivity index (χ3n) is 6.54. The molecule has 7 nitrogen and oxygen atoms in total. The lowest BCUT2D eigenvalue weighted by molar-refractivity contribution is -0.137. The van der Waals surface area contributed by atoms with Gasteiger partial charge in [-0.15, -0.1) is 0 Å². The minimum Gasteiger partial charge on any atom is -0.398 e. The largest absolute Gasteiger partial charge is 0.398 e. The highest BCUT2D eigenvalue weighted by Crippen LogP contribution is 2.21. The lowest BCUT2D eigenvalue weighted by Gasteiger charge is -2.45. The molecule has 0 aliphatic carbocycles. The first-order valence-corrected chi connectivity index (χ1v) is 11.2. The molecule has 0 spiro atoms. The molecule has 1 aromatic rings. The molecule has 2 atom stereocenters. The Morgan fingerprint density at radius 1 is 1.10 bits per heavy atom. The SMILES string of the molecule is Cc1ccc(C(=O)N[C@@H](C(=O)N2CCN(C3CCCCN3C)CC2)C(C)C)cc1N. The van der Waals surface area contributed by atoms with Crippen LogP contribution in [0.4, 0.5) is 5.69 Å². The van der Waals surface area contributed by atoms with Crippen LogP contribution in [0.5, 0.6) is 0 Å². The zero-order chi connectivity index (χ0) is 21.8. The minimum atomic E-state index is -0.538. The van der Waals surface area contributed by atoms with Crippen molar-refractivity contribution in [2.75, 3.05) is 45.5 Å². The highest BCUT2D eigenvalue weighted by molar-refractivity contribution is 5.98. The number of nitrogen functional groups attached to an aromatic ring is 1. The highest BCUT2D eigenvalue weighted by atomic mass is 16.2. The molecule has 1 unspecified atom stereocenters. The zero-order valence-electron chi connectivity index (χ0n) is 18.9. The summed E-state index contributed by atoms with van der Waals surface area (Å²) in [5.74, 6) is -0.238. The number of carbonyl (C=O) groups is 2. The molecule has 30 heavy (non-hydrogen) atoms. The third kappa shape index (κ3) is 5.13. The summed E-state index contributed by atoms with van der Waals surface area (Å²) in [6.07, 6.45) is 4.24. The minimum absolute atomic E-state index is 0.00625. The van der Waals surface area contributed by atoms with Gasteiger partial charge in [-0.25, -0.2) is 0 Å². The second kappa shape index (κ2) is 9.79. The first-order valence-electron chi connectivity index (χ1n) is 11.2. The van der Waals surface area contributed by atoms with E-state index in [1.54, 1.807) is 12.1 Å². The van der Waals surface area contributed by atoms with E-state index in [0.29, 0.717) is 30.5 Å². The summed E-state index contributed by atoms with van der Waals surface area (Å²) < 4.78 is 0. The van der Waals surface area contributed by atoms with E-state index in [9.17, 15) is 9.59 Å².